The number of nitrogens with zero attached hydrogens (tertiary/aromatic N) is 1. The van der Waals surface area contributed by atoms with Gasteiger partial charge in [0.05, 0.1) is 31.0 Å². The topological polar surface area (TPSA) is 105 Å². The van der Waals surface area contributed by atoms with Gasteiger partial charge in [-0.2, -0.15) is 13.2 Å². The summed E-state index contributed by atoms with van der Waals surface area (Å²) in [5, 5.41) is 11.1. The van der Waals surface area contributed by atoms with Gasteiger partial charge in [0.2, 0.25) is 0 Å². The molecule has 8 nitrogen and oxygen atoms in total. The van der Waals surface area contributed by atoms with Crippen LogP contribution in [0.3, 0.4) is 0 Å². The zero-order valence-electron chi connectivity index (χ0n) is 18.8. The van der Waals surface area contributed by atoms with Gasteiger partial charge in [-0.1, -0.05) is 0 Å². The molecule has 0 unspecified atom stereocenters. The van der Waals surface area contributed by atoms with Gasteiger partial charge in [0.25, 0.3) is 5.91 Å². The lowest BCUT2D eigenvalue weighted by molar-refractivity contribution is -0.141. The van der Waals surface area contributed by atoms with Crippen LogP contribution in [0, 0.1) is 0 Å². The number of fused-ring (bicyclic) bond motifs is 4. The minimum atomic E-state index is -4.94. The number of halogens is 4. The first-order valence-corrected chi connectivity index (χ1v) is 11.1. The highest BCUT2D eigenvalue weighted by Gasteiger charge is 2.43. The predicted molar refractivity (Wildman–Crippen MR) is 124 cm³/mol. The van der Waals surface area contributed by atoms with Crippen molar-refractivity contribution in [3.05, 3.63) is 52.9 Å². The first-order valence-electron chi connectivity index (χ1n) is 10.6. The Bertz CT molecular complexity index is 1540. The van der Waals surface area contributed by atoms with E-state index in [1.54, 1.807) is 18.2 Å². The summed E-state index contributed by atoms with van der Waals surface area (Å²) in [6, 6.07) is 7.73. The van der Waals surface area contributed by atoms with Crippen molar-refractivity contribution in [2.75, 3.05) is 31.5 Å². The molecule has 188 valence electrons. The maximum atomic E-state index is 13.8. The Balaban J connectivity index is 1.71. The molecule has 1 atom stereocenters. The molecule has 2 aromatic carbocycles. The Morgan fingerprint density at radius 2 is 2.00 bits per heavy atom. The predicted octanol–water partition coefficient (Wildman–Crippen LogP) is 5.42. The van der Waals surface area contributed by atoms with Crippen molar-refractivity contribution in [2.24, 2.45) is 0 Å². The second-order valence-electron chi connectivity index (χ2n) is 8.22. The lowest BCUT2D eigenvalue weighted by Crippen LogP contribution is -2.29. The van der Waals surface area contributed by atoms with E-state index in [0.29, 0.717) is 16.7 Å². The van der Waals surface area contributed by atoms with Crippen LogP contribution in [0.1, 0.15) is 38.1 Å². The van der Waals surface area contributed by atoms with Gasteiger partial charge in [0, 0.05) is 41.2 Å². The number of anilines is 1. The minimum absolute atomic E-state index is 0.0102. The molecule has 12 heteroatoms. The number of aromatic hydroxyl groups is 1. The summed E-state index contributed by atoms with van der Waals surface area (Å²) in [5.41, 5.74) is -1.72. The summed E-state index contributed by atoms with van der Waals surface area (Å²) in [5.74, 6) is -2.63. The van der Waals surface area contributed by atoms with E-state index in [9.17, 15) is 27.9 Å². The molecular formula is C24H18ClF3N2O6. The zero-order chi connectivity index (χ0) is 25.9. The lowest BCUT2D eigenvalue weighted by Gasteiger charge is -2.16. The van der Waals surface area contributed by atoms with Crippen molar-refractivity contribution in [2.45, 2.75) is 12.1 Å². The number of esters is 1. The quantitative estimate of drug-likeness (QED) is 0.274. The third-order valence-corrected chi connectivity index (χ3v) is 6.59. The number of methoxy groups -OCH3 is 2. The molecule has 0 saturated carbocycles. The van der Waals surface area contributed by atoms with Crippen LogP contribution in [0.25, 0.3) is 21.9 Å². The summed E-state index contributed by atoms with van der Waals surface area (Å²) >= 11 is 6.17. The average Bonchev–Trinajstić information content (AvgIpc) is 3.55. The SMILES string of the molecule is COC(=O)c1c(C(F)(F)F)[nH]c2c(O)cc3c(c12)[C@H](CCl)CN3C(=O)c1cc2ccc(OC)cc2o1. The molecule has 0 bridgehead atoms. The van der Waals surface area contributed by atoms with E-state index in [4.69, 9.17) is 20.8 Å². The standard InChI is InChI=1S/C24H18ClF3N2O6/c1-34-12-4-3-10-5-16(36-15(10)6-12)22(32)30-9-11(8-25)17-13(30)7-14(31)20-18(17)19(23(33)35-2)21(29-20)24(26,27)28/h3-7,11,29,31H,8-9H2,1-2H3/t11-/m1/s1. The molecule has 4 aromatic rings. The van der Waals surface area contributed by atoms with Crippen LogP contribution >= 0.6 is 11.6 Å². The normalized spacial score (nSPS) is 15.5. The maximum Gasteiger partial charge on any atom is 0.432 e. The second kappa shape index (κ2) is 8.37. The molecule has 0 fully saturated rings. The Hall–Kier alpha value is -3.86. The third-order valence-electron chi connectivity index (χ3n) is 6.22. The van der Waals surface area contributed by atoms with Gasteiger partial charge in [-0.05, 0) is 23.8 Å². The van der Waals surface area contributed by atoms with Crippen molar-refractivity contribution in [1.82, 2.24) is 4.98 Å². The number of aromatic amines is 1. The lowest BCUT2D eigenvalue weighted by atomic mass is 9.95. The number of furan rings is 1. The number of benzene rings is 2. The molecule has 1 aliphatic rings. The van der Waals surface area contributed by atoms with Gasteiger partial charge < -0.3 is 28.9 Å². The Morgan fingerprint density at radius 1 is 1.25 bits per heavy atom. The summed E-state index contributed by atoms with van der Waals surface area (Å²) < 4.78 is 56.9. The van der Waals surface area contributed by atoms with Gasteiger partial charge in [-0.15, -0.1) is 11.6 Å². The Labute approximate surface area is 206 Å². The van der Waals surface area contributed by atoms with Crippen LogP contribution in [-0.2, 0) is 10.9 Å². The highest BCUT2D eigenvalue weighted by molar-refractivity contribution is 6.20. The Morgan fingerprint density at radius 3 is 2.64 bits per heavy atom. The number of H-pyrrole nitrogens is 1. The largest absolute Gasteiger partial charge is 0.506 e. The summed E-state index contributed by atoms with van der Waals surface area (Å²) in [6.45, 7) is -0.0102. The summed E-state index contributed by atoms with van der Waals surface area (Å²) in [6.07, 6.45) is -4.94. The minimum Gasteiger partial charge on any atom is -0.506 e. The van der Waals surface area contributed by atoms with Crippen LogP contribution in [0.4, 0.5) is 18.9 Å². The maximum absolute atomic E-state index is 13.8. The molecule has 2 aromatic heterocycles. The monoisotopic (exact) mass is 522 g/mol. The van der Waals surface area contributed by atoms with E-state index in [-0.39, 0.29) is 40.3 Å². The van der Waals surface area contributed by atoms with Crippen molar-refractivity contribution < 1.29 is 41.8 Å². The molecule has 1 amide bonds. The van der Waals surface area contributed by atoms with Crippen LogP contribution in [0.15, 0.2) is 34.7 Å². The number of phenols is 1. The summed E-state index contributed by atoms with van der Waals surface area (Å²) in [4.78, 5) is 29.3. The zero-order valence-corrected chi connectivity index (χ0v) is 19.6. The second-order valence-corrected chi connectivity index (χ2v) is 8.53. The van der Waals surface area contributed by atoms with Gasteiger partial charge in [-0.25, -0.2) is 4.79 Å². The number of aromatic nitrogens is 1. The van der Waals surface area contributed by atoms with E-state index in [1.165, 1.54) is 24.1 Å². The number of rotatable bonds is 4. The van der Waals surface area contributed by atoms with E-state index in [1.807, 2.05) is 0 Å². The van der Waals surface area contributed by atoms with Gasteiger partial charge >= 0.3 is 12.1 Å². The van der Waals surface area contributed by atoms with Gasteiger partial charge in [0.15, 0.2) is 5.76 Å². The number of phenolic OH excluding ortho intramolecular Hbond substituents is 1. The van der Waals surface area contributed by atoms with E-state index in [0.717, 1.165) is 7.11 Å². The fourth-order valence-corrected chi connectivity index (χ4v) is 4.88. The van der Waals surface area contributed by atoms with Crippen LogP contribution in [-0.4, -0.2) is 48.6 Å². The fourth-order valence-electron chi connectivity index (χ4n) is 4.63. The van der Waals surface area contributed by atoms with Crippen molar-refractivity contribution in [1.29, 1.82) is 0 Å². The van der Waals surface area contributed by atoms with Crippen molar-refractivity contribution in [3.63, 3.8) is 0 Å². The van der Waals surface area contributed by atoms with Gasteiger partial charge in [-0.3, -0.25) is 4.79 Å². The first kappa shape index (κ1) is 23.9. The van der Waals surface area contributed by atoms with Crippen LogP contribution < -0.4 is 9.64 Å². The number of ether oxygens (including phenoxy) is 2. The van der Waals surface area contributed by atoms with Crippen molar-refractivity contribution in [3.8, 4) is 11.5 Å². The highest BCUT2D eigenvalue weighted by Crippen LogP contribution is 2.49. The van der Waals surface area contributed by atoms with E-state index >= 15 is 0 Å². The molecule has 5 rings (SSSR count). The smallest absolute Gasteiger partial charge is 0.432 e. The van der Waals surface area contributed by atoms with E-state index < -0.39 is 41.0 Å². The molecule has 0 spiro atoms. The van der Waals surface area contributed by atoms with Crippen molar-refractivity contribution >= 4 is 51.0 Å². The average molecular weight is 523 g/mol. The number of carbonyl (C=O) groups excluding carboxylic acids is 2. The third kappa shape index (κ3) is 3.53. The van der Waals surface area contributed by atoms with Gasteiger partial charge in [0.1, 0.15) is 22.8 Å². The number of hydrogen-bond acceptors (Lipinski definition) is 6. The molecule has 0 aliphatic carbocycles. The van der Waals surface area contributed by atoms with Crippen LogP contribution in [0.5, 0.6) is 11.5 Å². The fraction of sp³-hybridized carbons (Fsp3) is 0.250. The summed E-state index contributed by atoms with van der Waals surface area (Å²) in [7, 11) is 2.44. The molecule has 0 radical (unpaired) electrons. The highest BCUT2D eigenvalue weighted by atomic mass is 35.5. The first-order chi connectivity index (χ1) is 17.1. The molecule has 0 saturated heterocycles. The molecule has 2 N–H and O–H groups in total. The number of amides is 1. The Kier molecular flexibility index (Phi) is 5.55. The number of hydrogen-bond donors (Lipinski definition) is 2. The van der Waals surface area contributed by atoms with E-state index in [2.05, 4.69) is 9.72 Å². The molecule has 36 heavy (non-hydrogen) atoms. The molecule has 1 aliphatic heterocycles. The molecule has 3 heterocycles. The number of carbonyl (C=O) groups is 2. The van der Waals surface area contributed by atoms with Crippen LogP contribution in [0.2, 0.25) is 0 Å². The number of alkyl halides is 4. The number of nitrogens with one attached hydrogen (secondary N) is 1. The molecular weight excluding hydrogens is 505 g/mol.